The molecule has 12 heteroatoms. The van der Waals surface area contributed by atoms with Gasteiger partial charge < -0.3 is 20.2 Å². The second-order valence-electron chi connectivity index (χ2n) is 9.11. The molecule has 40 heavy (non-hydrogen) atoms. The number of aliphatic carboxylic acids is 1. The van der Waals surface area contributed by atoms with Crippen LogP contribution >= 0.6 is 23.2 Å². The van der Waals surface area contributed by atoms with Crippen LogP contribution in [0.15, 0.2) is 76.2 Å². The Balaban J connectivity index is 1.42. The fourth-order valence-electron chi connectivity index (χ4n) is 4.05. The molecule has 0 saturated carbocycles. The van der Waals surface area contributed by atoms with Gasteiger partial charge in [-0.15, -0.1) is 0 Å². The van der Waals surface area contributed by atoms with Crippen molar-refractivity contribution in [2.75, 3.05) is 6.26 Å². The van der Waals surface area contributed by atoms with Gasteiger partial charge >= 0.3 is 5.97 Å². The van der Waals surface area contributed by atoms with Crippen LogP contribution in [0.3, 0.4) is 0 Å². The van der Waals surface area contributed by atoms with Crippen molar-refractivity contribution in [3.05, 3.63) is 99.2 Å². The molecule has 0 saturated heterocycles. The van der Waals surface area contributed by atoms with Gasteiger partial charge in [0, 0.05) is 23.8 Å². The maximum absolute atomic E-state index is 12.9. The summed E-state index contributed by atoms with van der Waals surface area (Å²) in [6.07, 6.45) is 2.82. The van der Waals surface area contributed by atoms with E-state index < -0.39 is 33.7 Å². The SMILES string of the molecule is CS(=O)(=O)c1cccc(CC[C@H](NC(=O)c2c(Cl)cc(C(=O)NCc3ccc4ccoc4c3)cc2Cl)C(=O)O)c1. The smallest absolute Gasteiger partial charge is 0.326 e. The van der Waals surface area contributed by atoms with E-state index in [2.05, 4.69) is 10.6 Å². The average Bonchev–Trinajstić information content (AvgIpc) is 3.36. The number of amides is 2. The third-order valence-electron chi connectivity index (χ3n) is 6.16. The fourth-order valence-corrected chi connectivity index (χ4v) is 5.40. The predicted molar refractivity (Wildman–Crippen MR) is 151 cm³/mol. The first-order valence-electron chi connectivity index (χ1n) is 12.0. The molecular formula is C28H24Cl2N2O7S. The minimum absolute atomic E-state index is 0.0200. The summed E-state index contributed by atoms with van der Waals surface area (Å²) in [5.74, 6) is -2.59. The highest BCUT2D eigenvalue weighted by Crippen LogP contribution is 2.27. The van der Waals surface area contributed by atoms with Crippen LogP contribution in [0.25, 0.3) is 11.0 Å². The summed E-state index contributed by atoms with van der Waals surface area (Å²) in [7, 11) is -3.43. The monoisotopic (exact) mass is 602 g/mol. The van der Waals surface area contributed by atoms with Gasteiger partial charge in [0.15, 0.2) is 9.84 Å². The van der Waals surface area contributed by atoms with Crippen LogP contribution in [0.4, 0.5) is 0 Å². The molecule has 9 nitrogen and oxygen atoms in total. The standard InChI is InChI=1S/C28H24Cl2N2O7S/c1-40(37,38)20-4-2-3-16(11-20)6-8-23(28(35)36)32-27(34)25-21(29)13-19(14-22(25)30)26(33)31-15-17-5-7-18-9-10-39-24(18)12-17/h2-5,7,9-14,23H,6,8,15H2,1H3,(H,31,33)(H,32,34)(H,35,36)/t23-/m0/s1. The van der Waals surface area contributed by atoms with Gasteiger partial charge in [-0.1, -0.05) is 47.5 Å². The first-order valence-corrected chi connectivity index (χ1v) is 14.6. The lowest BCUT2D eigenvalue weighted by Gasteiger charge is -2.16. The molecule has 1 atom stereocenters. The Hall–Kier alpha value is -3.86. The van der Waals surface area contributed by atoms with Crippen molar-refractivity contribution in [3.63, 3.8) is 0 Å². The van der Waals surface area contributed by atoms with Crippen molar-refractivity contribution in [1.29, 1.82) is 0 Å². The van der Waals surface area contributed by atoms with E-state index in [4.69, 9.17) is 27.6 Å². The van der Waals surface area contributed by atoms with Crippen LogP contribution in [0.2, 0.25) is 10.0 Å². The van der Waals surface area contributed by atoms with Crippen LogP contribution in [-0.4, -0.2) is 43.6 Å². The van der Waals surface area contributed by atoms with Gasteiger partial charge in [-0.05, 0) is 60.4 Å². The average molecular weight is 603 g/mol. The Bertz CT molecular complexity index is 1690. The Morgan fingerprint density at radius 2 is 1.68 bits per heavy atom. The summed E-state index contributed by atoms with van der Waals surface area (Å²) >= 11 is 12.6. The number of carboxylic acid groups (broad SMARTS) is 1. The van der Waals surface area contributed by atoms with Gasteiger partial charge in [-0.2, -0.15) is 0 Å². The molecule has 0 bridgehead atoms. The molecule has 2 amide bonds. The van der Waals surface area contributed by atoms with E-state index in [1.165, 1.54) is 24.3 Å². The summed E-state index contributed by atoms with van der Waals surface area (Å²) in [5, 5.41) is 15.5. The third-order valence-corrected chi connectivity index (χ3v) is 7.86. The number of nitrogens with one attached hydrogen (secondary N) is 2. The minimum atomic E-state index is -3.43. The van der Waals surface area contributed by atoms with Gasteiger partial charge in [-0.3, -0.25) is 9.59 Å². The van der Waals surface area contributed by atoms with E-state index in [1.807, 2.05) is 24.3 Å². The summed E-state index contributed by atoms with van der Waals surface area (Å²) in [6.45, 7) is 0.209. The van der Waals surface area contributed by atoms with Crippen LogP contribution in [0.5, 0.6) is 0 Å². The zero-order valence-electron chi connectivity index (χ0n) is 21.1. The number of fused-ring (bicyclic) bond motifs is 1. The van der Waals surface area contributed by atoms with E-state index in [1.54, 1.807) is 18.4 Å². The summed E-state index contributed by atoms with van der Waals surface area (Å²) in [5.41, 5.74) is 2.04. The molecule has 1 heterocycles. The van der Waals surface area contributed by atoms with Crippen molar-refractivity contribution in [1.82, 2.24) is 10.6 Å². The maximum Gasteiger partial charge on any atom is 0.326 e. The quantitative estimate of drug-likeness (QED) is 0.234. The second kappa shape index (κ2) is 12.1. The molecule has 0 unspecified atom stereocenters. The number of hydrogen-bond donors (Lipinski definition) is 3. The summed E-state index contributed by atoms with van der Waals surface area (Å²) < 4.78 is 29.0. The van der Waals surface area contributed by atoms with Crippen molar-refractivity contribution < 1.29 is 32.3 Å². The highest BCUT2D eigenvalue weighted by Gasteiger charge is 2.25. The molecule has 0 aliphatic heterocycles. The summed E-state index contributed by atoms with van der Waals surface area (Å²) in [6, 6.07) is 14.8. The highest BCUT2D eigenvalue weighted by molar-refractivity contribution is 7.90. The van der Waals surface area contributed by atoms with Gasteiger partial charge in [0.05, 0.1) is 26.8 Å². The Labute approximate surface area is 240 Å². The molecule has 0 fully saturated rings. The predicted octanol–water partition coefficient (Wildman–Crippen LogP) is 4.89. The van der Waals surface area contributed by atoms with Gasteiger partial charge in [0.2, 0.25) is 0 Å². The Kier molecular flexibility index (Phi) is 8.82. The zero-order valence-corrected chi connectivity index (χ0v) is 23.4. The molecule has 4 aromatic rings. The number of furan rings is 1. The van der Waals surface area contributed by atoms with Crippen molar-refractivity contribution in [2.24, 2.45) is 0 Å². The number of sulfone groups is 1. The lowest BCUT2D eigenvalue weighted by atomic mass is 10.0. The third kappa shape index (κ3) is 7.01. The molecule has 3 aromatic carbocycles. The zero-order chi connectivity index (χ0) is 29.0. The molecule has 0 aliphatic rings. The molecule has 0 aliphatic carbocycles. The second-order valence-corrected chi connectivity index (χ2v) is 11.9. The lowest BCUT2D eigenvalue weighted by molar-refractivity contribution is -0.139. The number of rotatable bonds is 10. The number of halogens is 2. The van der Waals surface area contributed by atoms with Gasteiger partial charge in [0.25, 0.3) is 11.8 Å². The Morgan fingerprint density at radius 3 is 2.35 bits per heavy atom. The fraction of sp³-hybridized carbons (Fsp3) is 0.179. The molecule has 0 radical (unpaired) electrons. The first-order chi connectivity index (χ1) is 18.9. The van der Waals surface area contributed by atoms with Crippen molar-refractivity contribution in [3.8, 4) is 0 Å². The normalized spacial score (nSPS) is 12.2. The molecule has 208 valence electrons. The van der Waals surface area contributed by atoms with Crippen LogP contribution < -0.4 is 10.6 Å². The van der Waals surface area contributed by atoms with Crippen LogP contribution in [0, 0.1) is 0 Å². The lowest BCUT2D eigenvalue weighted by Crippen LogP contribution is -2.41. The van der Waals surface area contributed by atoms with Crippen molar-refractivity contribution >= 4 is 61.8 Å². The van der Waals surface area contributed by atoms with Crippen LogP contribution in [-0.2, 0) is 27.6 Å². The number of carboxylic acids is 1. The van der Waals surface area contributed by atoms with E-state index in [0.717, 1.165) is 17.2 Å². The highest BCUT2D eigenvalue weighted by atomic mass is 35.5. The van der Waals surface area contributed by atoms with E-state index >= 15 is 0 Å². The first kappa shape index (κ1) is 29.1. The molecular weight excluding hydrogens is 579 g/mol. The molecule has 0 spiro atoms. The van der Waals surface area contributed by atoms with Crippen molar-refractivity contribution in [2.45, 2.75) is 30.3 Å². The molecule has 1 aromatic heterocycles. The molecule has 3 N–H and O–H groups in total. The number of aryl methyl sites for hydroxylation is 1. The number of benzene rings is 3. The summed E-state index contributed by atoms with van der Waals surface area (Å²) in [4.78, 5) is 37.6. The number of carbonyl (C=O) groups excluding carboxylic acids is 2. The van der Waals surface area contributed by atoms with E-state index in [0.29, 0.717) is 11.1 Å². The van der Waals surface area contributed by atoms with E-state index in [9.17, 15) is 27.9 Å². The maximum atomic E-state index is 12.9. The largest absolute Gasteiger partial charge is 0.480 e. The van der Waals surface area contributed by atoms with Crippen LogP contribution in [0.1, 0.15) is 38.3 Å². The topological polar surface area (TPSA) is 143 Å². The number of hydrogen-bond acceptors (Lipinski definition) is 6. The minimum Gasteiger partial charge on any atom is -0.480 e. The van der Waals surface area contributed by atoms with Gasteiger partial charge in [-0.25, -0.2) is 13.2 Å². The number of carbonyl (C=O) groups is 3. The Morgan fingerprint density at radius 1 is 0.950 bits per heavy atom. The molecule has 4 rings (SSSR count). The van der Waals surface area contributed by atoms with Gasteiger partial charge in [0.1, 0.15) is 11.6 Å². The van der Waals surface area contributed by atoms with E-state index in [-0.39, 0.29) is 45.5 Å².